The lowest BCUT2D eigenvalue weighted by Crippen LogP contribution is -2.65. The summed E-state index contributed by atoms with van der Waals surface area (Å²) >= 11 is 1.33. The lowest BCUT2D eigenvalue weighted by molar-refractivity contribution is -0.121. The van der Waals surface area contributed by atoms with Gasteiger partial charge in [0.2, 0.25) is 11.8 Å². The number of anilines is 1. The van der Waals surface area contributed by atoms with Crippen LogP contribution in [0.1, 0.15) is 75.7 Å². The van der Waals surface area contributed by atoms with Crippen molar-refractivity contribution < 1.29 is 32.7 Å². The van der Waals surface area contributed by atoms with Gasteiger partial charge < -0.3 is 24.4 Å². The van der Waals surface area contributed by atoms with Crippen LogP contribution in [0.3, 0.4) is 0 Å². The molecule has 0 saturated heterocycles. The molecule has 1 saturated carbocycles. The fourth-order valence-corrected chi connectivity index (χ4v) is 14.0. The first-order chi connectivity index (χ1) is 27.7. The van der Waals surface area contributed by atoms with Crippen LogP contribution in [0.25, 0.3) is 16.5 Å². The van der Waals surface area contributed by atoms with Gasteiger partial charge in [0.25, 0.3) is 8.32 Å². The number of hydrogen-bond donors (Lipinski definition) is 2. The van der Waals surface area contributed by atoms with E-state index >= 15 is 4.39 Å². The van der Waals surface area contributed by atoms with Gasteiger partial charge in [-0.3, -0.25) is 14.6 Å². The molecule has 1 fully saturated rings. The van der Waals surface area contributed by atoms with E-state index < -0.39 is 43.3 Å². The van der Waals surface area contributed by atoms with E-state index in [0.717, 1.165) is 48.0 Å². The van der Waals surface area contributed by atoms with Crippen molar-refractivity contribution in [3.8, 4) is 16.5 Å². The summed E-state index contributed by atoms with van der Waals surface area (Å²) in [7, 11) is -1.67. The zero-order valence-electron chi connectivity index (χ0n) is 33.6. The highest BCUT2D eigenvalue weighted by molar-refractivity contribution is 7.20. The Morgan fingerprint density at radius 2 is 1.72 bits per heavy atom. The van der Waals surface area contributed by atoms with Gasteiger partial charge >= 0.3 is 6.03 Å². The van der Waals surface area contributed by atoms with Crippen LogP contribution >= 0.6 is 11.3 Å². The Morgan fingerprint density at radius 1 is 1.09 bits per heavy atom. The van der Waals surface area contributed by atoms with E-state index in [2.05, 4.69) is 49.7 Å². The predicted molar refractivity (Wildman–Crippen MR) is 228 cm³/mol. The number of aromatic nitrogens is 1. The topological polar surface area (TPSA) is 131 Å². The number of thiophene rings is 1. The maximum atomic E-state index is 15.1. The van der Waals surface area contributed by atoms with Crippen LogP contribution in [0.15, 0.2) is 102 Å². The zero-order valence-corrected chi connectivity index (χ0v) is 35.4. The fraction of sp³-hybridized carbons (Fsp3) is 0.356. The smallest absolute Gasteiger partial charge is 0.330 e. The molecule has 2 aromatic heterocycles. The van der Waals surface area contributed by atoms with E-state index in [0.29, 0.717) is 44.3 Å². The van der Waals surface area contributed by atoms with Gasteiger partial charge in [-0.1, -0.05) is 81.1 Å². The third-order valence-corrected chi connectivity index (χ3v) is 17.8. The van der Waals surface area contributed by atoms with E-state index in [1.54, 1.807) is 24.1 Å². The first kappa shape index (κ1) is 41.1. The Balaban J connectivity index is 1.18. The number of benzene rings is 3. The SMILES string of the molecule is C=C1c2c(sc(-c3ncco3)c2C)N(C[C@H](OC2CCC(CC(C)(C)[Si](O)(c3ccccc3)c3ccccc3)CC2)c2cc(F)ccc2OC)C(=O)N1[C@@H](C)C(N)=O. The second-order valence-corrected chi connectivity index (χ2v) is 21.0. The molecule has 13 heteroatoms. The third-order valence-electron chi connectivity index (χ3n) is 12.0. The van der Waals surface area contributed by atoms with E-state index in [4.69, 9.17) is 19.6 Å². The predicted octanol–water partition coefficient (Wildman–Crippen LogP) is 8.18. The summed E-state index contributed by atoms with van der Waals surface area (Å²) in [5.41, 5.74) is 8.01. The summed E-state index contributed by atoms with van der Waals surface area (Å²) in [6, 6.07) is 22.9. The number of oxazole rings is 1. The molecule has 3 heterocycles. The monoisotopic (exact) mass is 822 g/mol. The molecule has 58 heavy (non-hydrogen) atoms. The molecular weight excluding hydrogens is 772 g/mol. The highest BCUT2D eigenvalue weighted by Gasteiger charge is 2.51. The van der Waals surface area contributed by atoms with E-state index in [1.165, 1.54) is 41.7 Å². The first-order valence-electron chi connectivity index (χ1n) is 19.7. The molecule has 3 N–H and O–H groups in total. The van der Waals surface area contributed by atoms with Crippen LogP contribution in [-0.4, -0.2) is 60.7 Å². The number of methoxy groups -OCH3 is 1. The molecule has 7 rings (SSSR count). The van der Waals surface area contributed by atoms with Crippen molar-refractivity contribution in [2.45, 2.75) is 83.1 Å². The van der Waals surface area contributed by atoms with Crippen molar-refractivity contribution >= 4 is 52.7 Å². The minimum atomic E-state index is -3.19. The molecule has 1 aliphatic carbocycles. The number of urea groups is 1. The summed E-state index contributed by atoms with van der Waals surface area (Å²) < 4.78 is 33.5. The minimum absolute atomic E-state index is 0.0222. The Hall–Kier alpha value is -5.08. The summed E-state index contributed by atoms with van der Waals surface area (Å²) in [6.07, 6.45) is 6.05. The number of amides is 3. The fourth-order valence-electron chi connectivity index (χ4n) is 8.93. The molecule has 3 amide bonds. The summed E-state index contributed by atoms with van der Waals surface area (Å²) in [6.45, 7) is 12.1. The number of carbonyl (C=O) groups is 2. The number of primary amides is 1. The standard InChI is InChI=1S/C45H51FN4O6SSi/c1-28-39-29(2)50(30(3)41(47)51)44(52)49(43(39)57-40(28)42-48-23-24-55-42)27-38(36-25-32(46)19-22-37(36)54-6)56-33-20-17-31(18-21-33)26-45(4,5)58(53,34-13-9-7-10-14-34)35-15-11-8-12-16-35/h7-16,19,22-25,30-31,33,38,53H,2,17-18,20-21,26-27H2,1,3-6H3,(H2,47,51)/t30-,31?,33?,38-/m0/s1. The third kappa shape index (κ3) is 7.63. The Morgan fingerprint density at radius 3 is 2.29 bits per heavy atom. The number of hydrogen-bond acceptors (Lipinski definition) is 8. The minimum Gasteiger partial charge on any atom is -0.496 e. The number of rotatable bonds is 14. The Labute approximate surface area is 344 Å². The van der Waals surface area contributed by atoms with Gasteiger partial charge in [-0.25, -0.2) is 14.2 Å². The second kappa shape index (κ2) is 16.6. The summed E-state index contributed by atoms with van der Waals surface area (Å²) in [5, 5.41) is 2.17. The van der Waals surface area contributed by atoms with Gasteiger partial charge in [0.1, 0.15) is 35.0 Å². The average molecular weight is 823 g/mol. The van der Waals surface area contributed by atoms with Crippen molar-refractivity contribution in [2.75, 3.05) is 18.6 Å². The number of fused-ring (bicyclic) bond motifs is 1. The van der Waals surface area contributed by atoms with Crippen LogP contribution in [0, 0.1) is 18.7 Å². The molecule has 0 radical (unpaired) electrons. The molecular formula is C45H51FN4O6SSi. The lowest BCUT2D eigenvalue weighted by atomic mass is 9.82. The van der Waals surface area contributed by atoms with Gasteiger partial charge in [0.05, 0.1) is 30.8 Å². The lowest BCUT2D eigenvalue weighted by Gasteiger charge is -2.44. The average Bonchev–Trinajstić information content (AvgIpc) is 3.88. The molecule has 304 valence electrons. The van der Waals surface area contributed by atoms with Crippen LogP contribution in [0.4, 0.5) is 14.2 Å². The van der Waals surface area contributed by atoms with Crippen LogP contribution in [-0.2, 0) is 9.53 Å². The number of carbonyl (C=O) groups excluding carboxylic acids is 2. The molecule has 0 bridgehead atoms. The molecule has 3 aromatic carbocycles. The first-order valence-corrected chi connectivity index (χ1v) is 22.5. The van der Waals surface area contributed by atoms with Crippen molar-refractivity contribution in [2.24, 2.45) is 11.7 Å². The highest BCUT2D eigenvalue weighted by Crippen LogP contribution is 2.50. The van der Waals surface area contributed by atoms with Gasteiger partial charge in [-0.2, -0.15) is 0 Å². The summed E-state index contributed by atoms with van der Waals surface area (Å²) in [5.74, 6) is -0.00360. The van der Waals surface area contributed by atoms with E-state index in [-0.39, 0.29) is 12.6 Å². The van der Waals surface area contributed by atoms with Gasteiger partial charge in [-0.15, -0.1) is 11.3 Å². The number of ether oxygens (including phenoxy) is 2. The van der Waals surface area contributed by atoms with Crippen molar-refractivity contribution in [3.63, 3.8) is 0 Å². The normalized spacial score (nSPS) is 18.5. The van der Waals surface area contributed by atoms with Gasteiger partial charge in [-0.05, 0) is 91.0 Å². The van der Waals surface area contributed by atoms with Crippen LogP contribution in [0.2, 0.25) is 5.04 Å². The highest BCUT2D eigenvalue weighted by atomic mass is 32.1. The second-order valence-electron chi connectivity index (χ2n) is 16.0. The molecule has 2 atom stereocenters. The molecule has 0 unspecified atom stereocenters. The quantitative estimate of drug-likeness (QED) is 0.108. The molecule has 0 spiro atoms. The van der Waals surface area contributed by atoms with Crippen molar-refractivity contribution in [1.29, 1.82) is 0 Å². The van der Waals surface area contributed by atoms with E-state index in [9.17, 15) is 14.4 Å². The largest absolute Gasteiger partial charge is 0.496 e. The molecule has 1 aliphatic heterocycles. The maximum absolute atomic E-state index is 15.1. The summed E-state index contributed by atoms with van der Waals surface area (Å²) in [4.78, 5) is 47.9. The van der Waals surface area contributed by atoms with Crippen LogP contribution < -0.4 is 25.7 Å². The van der Waals surface area contributed by atoms with E-state index in [1.807, 2.05) is 43.3 Å². The maximum Gasteiger partial charge on any atom is 0.330 e. The van der Waals surface area contributed by atoms with Crippen molar-refractivity contribution in [3.05, 3.63) is 120 Å². The van der Waals surface area contributed by atoms with Crippen LogP contribution in [0.5, 0.6) is 5.75 Å². The number of nitrogens with zero attached hydrogens (tertiary/aromatic N) is 3. The Bertz CT molecular complexity index is 2220. The molecule has 10 nitrogen and oxygen atoms in total. The number of halogens is 1. The molecule has 2 aliphatic rings. The Kier molecular flexibility index (Phi) is 11.8. The van der Waals surface area contributed by atoms with Gasteiger partial charge in [0.15, 0.2) is 0 Å². The van der Waals surface area contributed by atoms with Gasteiger partial charge in [0, 0.05) is 16.8 Å². The molecule has 5 aromatic rings. The zero-order chi connectivity index (χ0) is 41.4. The number of nitrogens with two attached hydrogens (primary N) is 1. The van der Waals surface area contributed by atoms with Crippen molar-refractivity contribution in [1.82, 2.24) is 9.88 Å².